The number of rotatable bonds is 43. The van der Waals surface area contributed by atoms with Crippen LogP contribution in [-0.2, 0) is 28.6 Å². The van der Waals surface area contributed by atoms with Crippen LogP contribution in [0, 0.1) is 11.8 Å². The van der Waals surface area contributed by atoms with Gasteiger partial charge in [-0.15, -0.1) is 0 Å². The standard InChI is InChI=1S/C49H94O6/c1-6-8-9-10-11-18-24-29-34-39-47(50)53-42-46(55-49(52)41-36-31-26-21-22-27-32-37-44(3)4)43-54-48(51)40-35-30-25-20-17-15-13-12-14-16-19-23-28-33-38-45(5)7-2/h44-46H,6-43H2,1-5H3/t45?,46-/m1/s1. The zero-order valence-corrected chi connectivity index (χ0v) is 37.6. The van der Waals surface area contributed by atoms with Gasteiger partial charge in [-0.05, 0) is 31.1 Å². The van der Waals surface area contributed by atoms with Gasteiger partial charge in [0.2, 0.25) is 0 Å². The van der Waals surface area contributed by atoms with E-state index in [9.17, 15) is 14.4 Å². The molecule has 0 aromatic heterocycles. The predicted octanol–water partition coefficient (Wildman–Crippen LogP) is 15.4. The first kappa shape index (κ1) is 53.4. The minimum atomic E-state index is -0.760. The fourth-order valence-electron chi connectivity index (χ4n) is 7.25. The van der Waals surface area contributed by atoms with Gasteiger partial charge in [-0.25, -0.2) is 0 Å². The monoisotopic (exact) mass is 779 g/mol. The minimum absolute atomic E-state index is 0.0650. The number of unbranched alkanes of at least 4 members (excludes halogenated alkanes) is 27. The van der Waals surface area contributed by atoms with Crippen molar-refractivity contribution in [1.29, 1.82) is 0 Å². The average Bonchev–Trinajstić information content (AvgIpc) is 3.17. The Kier molecular flexibility index (Phi) is 40.8. The minimum Gasteiger partial charge on any atom is -0.462 e. The number of hydrogen-bond donors (Lipinski definition) is 0. The van der Waals surface area contributed by atoms with Gasteiger partial charge in [0.15, 0.2) is 6.10 Å². The molecule has 0 spiro atoms. The SMILES string of the molecule is CCCCCCCCCCCC(=O)OC[C@H](COC(=O)CCCCCCCCCCCCCCCCC(C)CC)OC(=O)CCCCCCCCCC(C)C. The maximum Gasteiger partial charge on any atom is 0.306 e. The maximum absolute atomic E-state index is 12.7. The number of carbonyl (C=O) groups excluding carboxylic acids is 3. The van der Waals surface area contributed by atoms with Crippen LogP contribution in [0.25, 0.3) is 0 Å². The summed E-state index contributed by atoms with van der Waals surface area (Å²) < 4.78 is 16.7. The van der Waals surface area contributed by atoms with Crippen LogP contribution < -0.4 is 0 Å². The van der Waals surface area contributed by atoms with Crippen molar-refractivity contribution in [1.82, 2.24) is 0 Å². The number of hydrogen-bond acceptors (Lipinski definition) is 6. The quantitative estimate of drug-likeness (QED) is 0.0348. The van der Waals surface area contributed by atoms with Crippen LogP contribution >= 0.6 is 0 Å². The first-order chi connectivity index (χ1) is 26.8. The summed E-state index contributed by atoms with van der Waals surface area (Å²) in [7, 11) is 0. The Hall–Kier alpha value is -1.59. The Morgan fingerprint density at radius 1 is 0.382 bits per heavy atom. The average molecular weight is 779 g/mol. The normalized spacial score (nSPS) is 12.5. The number of esters is 3. The Morgan fingerprint density at radius 2 is 0.691 bits per heavy atom. The van der Waals surface area contributed by atoms with E-state index in [1.165, 1.54) is 154 Å². The summed E-state index contributed by atoms with van der Waals surface area (Å²) >= 11 is 0. The van der Waals surface area contributed by atoms with E-state index < -0.39 is 6.10 Å². The molecule has 0 aromatic carbocycles. The molecule has 6 heteroatoms. The molecule has 0 bridgehead atoms. The van der Waals surface area contributed by atoms with Crippen LogP contribution in [0.4, 0.5) is 0 Å². The molecule has 0 N–H and O–H groups in total. The third kappa shape index (κ3) is 41.9. The highest BCUT2D eigenvalue weighted by Crippen LogP contribution is 2.17. The van der Waals surface area contributed by atoms with Crippen LogP contribution in [0.3, 0.4) is 0 Å². The Balaban J connectivity index is 4.23. The second kappa shape index (κ2) is 42.0. The second-order valence-corrected chi connectivity index (χ2v) is 17.5. The van der Waals surface area contributed by atoms with Gasteiger partial charge in [-0.1, -0.05) is 227 Å². The van der Waals surface area contributed by atoms with Crippen molar-refractivity contribution < 1.29 is 28.6 Å². The van der Waals surface area contributed by atoms with Crippen molar-refractivity contribution in [3.8, 4) is 0 Å². The molecule has 0 radical (unpaired) electrons. The van der Waals surface area contributed by atoms with Crippen molar-refractivity contribution >= 4 is 17.9 Å². The summed E-state index contributed by atoms with van der Waals surface area (Å²) in [5, 5.41) is 0. The molecule has 55 heavy (non-hydrogen) atoms. The molecule has 0 saturated heterocycles. The molecule has 0 aliphatic carbocycles. The molecule has 1 unspecified atom stereocenters. The molecule has 0 saturated carbocycles. The second-order valence-electron chi connectivity index (χ2n) is 17.5. The van der Waals surface area contributed by atoms with Gasteiger partial charge in [-0.2, -0.15) is 0 Å². The molecule has 0 aliphatic rings. The van der Waals surface area contributed by atoms with Gasteiger partial charge in [0.05, 0.1) is 0 Å². The molecular formula is C49H94O6. The van der Waals surface area contributed by atoms with Crippen molar-refractivity contribution in [2.75, 3.05) is 13.2 Å². The highest BCUT2D eigenvalue weighted by atomic mass is 16.6. The highest BCUT2D eigenvalue weighted by molar-refractivity contribution is 5.71. The van der Waals surface area contributed by atoms with E-state index in [0.29, 0.717) is 19.3 Å². The van der Waals surface area contributed by atoms with E-state index in [4.69, 9.17) is 14.2 Å². The largest absolute Gasteiger partial charge is 0.462 e. The van der Waals surface area contributed by atoms with E-state index in [2.05, 4.69) is 34.6 Å². The fraction of sp³-hybridized carbons (Fsp3) is 0.939. The molecule has 2 atom stereocenters. The van der Waals surface area contributed by atoms with Crippen molar-refractivity contribution in [3.05, 3.63) is 0 Å². The van der Waals surface area contributed by atoms with Gasteiger partial charge < -0.3 is 14.2 Å². The molecule has 0 aliphatic heterocycles. The van der Waals surface area contributed by atoms with E-state index in [1.54, 1.807) is 0 Å². The summed E-state index contributed by atoms with van der Waals surface area (Å²) in [6.07, 6.45) is 40.9. The van der Waals surface area contributed by atoms with Crippen LogP contribution in [0.1, 0.15) is 266 Å². The van der Waals surface area contributed by atoms with Gasteiger partial charge in [-0.3, -0.25) is 14.4 Å². The van der Waals surface area contributed by atoms with Gasteiger partial charge >= 0.3 is 17.9 Å². The summed E-state index contributed by atoms with van der Waals surface area (Å²) in [5.41, 5.74) is 0. The Labute approximate surface area is 342 Å². The van der Waals surface area contributed by atoms with Crippen LogP contribution in [0.5, 0.6) is 0 Å². The summed E-state index contributed by atoms with van der Waals surface area (Å²) in [4.78, 5) is 37.7. The molecule has 0 aromatic rings. The summed E-state index contributed by atoms with van der Waals surface area (Å²) in [6.45, 7) is 11.3. The van der Waals surface area contributed by atoms with Gasteiger partial charge in [0.1, 0.15) is 13.2 Å². The molecule has 0 rings (SSSR count). The lowest BCUT2D eigenvalue weighted by Gasteiger charge is -2.18. The molecule has 326 valence electrons. The van der Waals surface area contributed by atoms with Crippen molar-refractivity contribution in [2.45, 2.75) is 272 Å². The smallest absolute Gasteiger partial charge is 0.306 e. The molecule has 0 heterocycles. The predicted molar refractivity (Wildman–Crippen MR) is 233 cm³/mol. The summed E-state index contributed by atoms with van der Waals surface area (Å²) in [6, 6.07) is 0. The zero-order chi connectivity index (χ0) is 40.5. The van der Waals surface area contributed by atoms with Crippen LogP contribution in [-0.4, -0.2) is 37.2 Å². The first-order valence-electron chi connectivity index (χ1n) is 24.3. The number of ether oxygens (including phenoxy) is 3. The fourth-order valence-corrected chi connectivity index (χ4v) is 7.25. The molecule has 6 nitrogen and oxygen atoms in total. The maximum atomic E-state index is 12.7. The van der Waals surface area contributed by atoms with Crippen LogP contribution in [0.15, 0.2) is 0 Å². The van der Waals surface area contributed by atoms with Crippen molar-refractivity contribution in [2.24, 2.45) is 11.8 Å². The number of carbonyl (C=O) groups is 3. The van der Waals surface area contributed by atoms with E-state index >= 15 is 0 Å². The zero-order valence-electron chi connectivity index (χ0n) is 37.6. The third-order valence-electron chi connectivity index (χ3n) is 11.3. The Bertz CT molecular complexity index is 841. The van der Waals surface area contributed by atoms with Crippen LogP contribution in [0.2, 0.25) is 0 Å². The lowest BCUT2D eigenvalue weighted by atomic mass is 9.99. The van der Waals surface area contributed by atoms with E-state index in [1.807, 2.05) is 0 Å². The lowest BCUT2D eigenvalue weighted by Crippen LogP contribution is -2.30. The lowest BCUT2D eigenvalue weighted by molar-refractivity contribution is -0.167. The summed E-state index contributed by atoms with van der Waals surface area (Å²) in [5.74, 6) is 0.815. The topological polar surface area (TPSA) is 78.9 Å². The van der Waals surface area contributed by atoms with E-state index in [0.717, 1.165) is 69.6 Å². The van der Waals surface area contributed by atoms with Gasteiger partial charge in [0.25, 0.3) is 0 Å². The van der Waals surface area contributed by atoms with Crippen molar-refractivity contribution in [3.63, 3.8) is 0 Å². The van der Waals surface area contributed by atoms with E-state index in [-0.39, 0.29) is 31.1 Å². The third-order valence-corrected chi connectivity index (χ3v) is 11.3. The Morgan fingerprint density at radius 3 is 1.04 bits per heavy atom. The van der Waals surface area contributed by atoms with Gasteiger partial charge in [0, 0.05) is 19.3 Å². The molecular weight excluding hydrogens is 685 g/mol. The molecule has 0 amide bonds. The first-order valence-corrected chi connectivity index (χ1v) is 24.3. The molecule has 0 fully saturated rings. The highest BCUT2D eigenvalue weighted by Gasteiger charge is 2.19.